The zero-order valence-electron chi connectivity index (χ0n) is 16.0. The average Bonchev–Trinajstić information content (AvgIpc) is 3.36. The van der Waals surface area contributed by atoms with Crippen LogP contribution in [0.25, 0.3) is 15.2 Å². The summed E-state index contributed by atoms with van der Waals surface area (Å²) < 4.78 is 3.57. The molecule has 30 heavy (non-hydrogen) atoms. The minimum Gasteiger partial charge on any atom is -0.330 e. The molecule has 6 nitrogen and oxygen atoms in total. The Balaban J connectivity index is 1.33. The first-order valence-corrected chi connectivity index (χ1v) is 12.0. The third-order valence-corrected chi connectivity index (χ3v) is 7.67. The number of para-hydroxylation sites is 2. The number of aryl methyl sites for hydroxylation is 1. The Morgan fingerprint density at radius 3 is 2.80 bits per heavy atom. The normalized spacial score (nSPS) is 11.4. The van der Waals surface area contributed by atoms with Crippen molar-refractivity contribution in [3.05, 3.63) is 76.2 Å². The van der Waals surface area contributed by atoms with Crippen molar-refractivity contribution in [2.45, 2.75) is 23.4 Å². The first-order chi connectivity index (χ1) is 14.7. The topological polar surface area (TPSA) is 72.2 Å². The van der Waals surface area contributed by atoms with Crippen LogP contribution < -0.4 is 10.9 Å². The summed E-state index contributed by atoms with van der Waals surface area (Å²) >= 11 is 4.56. The predicted octanol–water partition coefficient (Wildman–Crippen LogP) is 5.36. The van der Waals surface area contributed by atoms with E-state index in [-0.39, 0.29) is 5.56 Å². The van der Waals surface area contributed by atoms with Gasteiger partial charge in [-0.05, 0) is 30.2 Å². The molecule has 150 valence electrons. The number of anilines is 2. The fraction of sp³-hybridized carbons (Fsp3) is 0.143. The van der Waals surface area contributed by atoms with Crippen molar-refractivity contribution in [2.24, 2.45) is 0 Å². The average molecular weight is 452 g/mol. The van der Waals surface area contributed by atoms with Crippen molar-refractivity contribution in [1.29, 1.82) is 0 Å². The number of benzene rings is 2. The number of nitrogens with zero attached hydrogens (tertiary/aromatic N) is 4. The summed E-state index contributed by atoms with van der Waals surface area (Å²) in [6, 6.07) is 17.7. The van der Waals surface area contributed by atoms with Crippen LogP contribution in [0.15, 0.2) is 63.7 Å². The number of aromatic nitrogens is 4. The number of rotatable bonds is 6. The fourth-order valence-electron chi connectivity index (χ4n) is 3.22. The molecule has 3 heterocycles. The highest BCUT2D eigenvalue weighted by Gasteiger charge is 2.11. The molecule has 0 amide bonds. The van der Waals surface area contributed by atoms with Gasteiger partial charge in [0.1, 0.15) is 0 Å². The maximum atomic E-state index is 12.6. The molecule has 5 rings (SSSR count). The molecular weight excluding hydrogens is 434 g/mol. The molecule has 0 fully saturated rings. The number of hydrogen-bond donors (Lipinski definition) is 1. The van der Waals surface area contributed by atoms with Gasteiger partial charge in [0.25, 0.3) is 5.56 Å². The van der Waals surface area contributed by atoms with E-state index in [0.717, 1.165) is 42.5 Å². The van der Waals surface area contributed by atoms with Crippen molar-refractivity contribution in [1.82, 2.24) is 19.6 Å². The van der Waals surface area contributed by atoms with Crippen molar-refractivity contribution < 1.29 is 0 Å². The van der Waals surface area contributed by atoms with E-state index < -0.39 is 0 Å². The zero-order chi connectivity index (χ0) is 20.5. The highest BCUT2D eigenvalue weighted by Crippen LogP contribution is 2.31. The SMILES string of the molecule is CCc1ccccc1Nc1nnc(SCc2cc(=O)n3c(n2)sc2ccccc23)s1. The Labute approximate surface area is 184 Å². The van der Waals surface area contributed by atoms with Crippen LogP contribution in [-0.4, -0.2) is 19.6 Å². The number of thioether (sulfide) groups is 1. The molecule has 0 aliphatic heterocycles. The molecule has 0 spiro atoms. The van der Waals surface area contributed by atoms with Crippen LogP contribution in [0.4, 0.5) is 10.8 Å². The molecule has 3 aromatic heterocycles. The standard InChI is InChI=1S/C21H17N5OS3/c1-2-13-7-3-4-8-15(13)23-19-24-25-21(30-19)28-12-14-11-18(27)26-16-9-5-6-10-17(16)29-20(26)22-14/h3-11H,2,12H2,1H3,(H,23,24). The lowest BCUT2D eigenvalue weighted by Crippen LogP contribution is -2.13. The third-order valence-electron chi connectivity index (χ3n) is 4.64. The Kier molecular flexibility index (Phi) is 5.24. The van der Waals surface area contributed by atoms with E-state index in [0.29, 0.717) is 5.75 Å². The maximum Gasteiger partial charge on any atom is 0.259 e. The second-order valence-corrected chi connectivity index (χ2v) is 9.78. The first kappa shape index (κ1) is 19.2. The van der Waals surface area contributed by atoms with Crippen LogP contribution in [-0.2, 0) is 12.2 Å². The van der Waals surface area contributed by atoms with Gasteiger partial charge in [0.05, 0.1) is 15.9 Å². The van der Waals surface area contributed by atoms with E-state index in [1.54, 1.807) is 10.5 Å². The van der Waals surface area contributed by atoms with Gasteiger partial charge in [-0.1, -0.05) is 71.7 Å². The zero-order valence-corrected chi connectivity index (χ0v) is 18.5. The first-order valence-electron chi connectivity index (χ1n) is 9.42. The summed E-state index contributed by atoms with van der Waals surface area (Å²) in [5.41, 5.74) is 3.89. The summed E-state index contributed by atoms with van der Waals surface area (Å²) in [6.07, 6.45) is 0.949. The highest BCUT2D eigenvalue weighted by molar-refractivity contribution is 8.00. The lowest BCUT2D eigenvalue weighted by atomic mass is 10.1. The molecule has 0 bridgehead atoms. The van der Waals surface area contributed by atoms with Gasteiger partial charge in [0.2, 0.25) is 5.13 Å². The molecule has 5 aromatic rings. The monoisotopic (exact) mass is 451 g/mol. The van der Waals surface area contributed by atoms with Crippen LogP contribution >= 0.6 is 34.4 Å². The third kappa shape index (κ3) is 3.71. The van der Waals surface area contributed by atoms with Crippen LogP contribution in [0, 0.1) is 0 Å². The van der Waals surface area contributed by atoms with Crippen LogP contribution in [0.5, 0.6) is 0 Å². The molecule has 0 atom stereocenters. The van der Waals surface area contributed by atoms with Gasteiger partial charge in [-0.3, -0.25) is 9.20 Å². The molecule has 0 unspecified atom stereocenters. The predicted molar refractivity (Wildman–Crippen MR) is 125 cm³/mol. The van der Waals surface area contributed by atoms with E-state index in [9.17, 15) is 4.79 Å². The molecule has 0 aliphatic rings. The van der Waals surface area contributed by atoms with Gasteiger partial charge in [-0.25, -0.2) is 4.98 Å². The molecule has 0 saturated heterocycles. The van der Waals surface area contributed by atoms with Gasteiger partial charge < -0.3 is 5.32 Å². The smallest absolute Gasteiger partial charge is 0.259 e. The number of hydrogen-bond acceptors (Lipinski definition) is 8. The van der Waals surface area contributed by atoms with Crippen molar-refractivity contribution in [3.63, 3.8) is 0 Å². The number of thiazole rings is 1. The Bertz CT molecular complexity index is 1400. The van der Waals surface area contributed by atoms with E-state index >= 15 is 0 Å². The molecule has 0 aliphatic carbocycles. The van der Waals surface area contributed by atoms with Crippen molar-refractivity contribution in [3.8, 4) is 0 Å². The lowest BCUT2D eigenvalue weighted by Gasteiger charge is -2.06. The van der Waals surface area contributed by atoms with Crippen LogP contribution in [0.3, 0.4) is 0 Å². The molecule has 0 radical (unpaired) electrons. The summed E-state index contributed by atoms with van der Waals surface area (Å²) in [6.45, 7) is 2.13. The molecule has 9 heteroatoms. The Morgan fingerprint density at radius 2 is 1.90 bits per heavy atom. The van der Waals surface area contributed by atoms with E-state index in [4.69, 9.17) is 0 Å². The van der Waals surface area contributed by atoms with E-state index in [1.165, 1.54) is 40.0 Å². The number of nitrogens with one attached hydrogen (secondary N) is 1. The molecular formula is C21H17N5OS3. The Hall–Kier alpha value is -2.75. The summed E-state index contributed by atoms with van der Waals surface area (Å²) in [4.78, 5) is 18.0. The van der Waals surface area contributed by atoms with Crippen molar-refractivity contribution >= 4 is 60.4 Å². The largest absolute Gasteiger partial charge is 0.330 e. The second-order valence-electron chi connectivity index (χ2n) is 6.57. The van der Waals surface area contributed by atoms with Crippen molar-refractivity contribution in [2.75, 3.05) is 5.32 Å². The minimum absolute atomic E-state index is 0.0520. The second kappa shape index (κ2) is 8.17. The van der Waals surface area contributed by atoms with Gasteiger partial charge in [0, 0.05) is 17.5 Å². The maximum absolute atomic E-state index is 12.6. The van der Waals surface area contributed by atoms with Gasteiger partial charge >= 0.3 is 0 Å². The van der Waals surface area contributed by atoms with Gasteiger partial charge in [0.15, 0.2) is 9.30 Å². The van der Waals surface area contributed by atoms with E-state index in [2.05, 4.69) is 33.5 Å². The molecule has 1 N–H and O–H groups in total. The minimum atomic E-state index is -0.0520. The quantitative estimate of drug-likeness (QED) is 0.351. The van der Waals surface area contributed by atoms with Crippen LogP contribution in [0.2, 0.25) is 0 Å². The highest BCUT2D eigenvalue weighted by atomic mass is 32.2. The fourth-order valence-corrected chi connectivity index (χ4v) is 5.92. The summed E-state index contributed by atoms with van der Waals surface area (Å²) in [5, 5.41) is 12.6. The Morgan fingerprint density at radius 1 is 1.07 bits per heavy atom. The lowest BCUT2D eigenvalue weighted by molar-refractivity contribution is 1.01. The molecule has 0 saturated carbocycles. The van der Waals surface area contributed by atoms with Gasteiger partial charge in [-0.2, -0.15) is 0 Å². The molecule has 2 aromatic carbocycles. The summed E-state index contributed by atoms with van der Waals surface area (Å²) in [5.74, 6) is 0.570. The number of fused-ring (bicyclic) bond motifs is 3. The van der Waals surface area contributed by atoms with Crippen LogP contribution in [0.1, 0.15) is 18.2 Å². The summed E-state index contributed by atoms with van der Waals surface area (Å²) in [7, 11) is 0. The van der Waals surface area contributed by atoms with E-state index in [1.807, 2.05) is 42.5 Å². The van der Waals surface area contributed by atoms with Gasteiger partial charge in [-0.15, -0.1) is 10.2 Å².